The van der Waals surface area contributed by atoms with Crippen molar-refractivity contribution in [2.45, 2.75) is 6.92 Å². The van der Waals surface area contributed by atoms with Crippen LogP contribution in [0.25, 0.3) is 21.9 Å². The molecule has 3 nitrogen and oxygen atoms in total. The Labute approximate surface area is 92.7 Å². The minimum Gasteiger partial charge on any atom is -0.338 e. The molecule has 0 aliphatic rings. The highest BCUT2D eigenvalue weighted by atomic mass is 16.1. The second-order valence-electron chi connectivity index (χ2n) is 4.18. The van der Waals surface area contributed by atoms with Crippen LogP contribution in [0, 0.1) is 6.92 Å². The van der Waals surface area contributed by atoms with E-state index in [9.17, 15) is 4.79 Å². The van der Waals surface area contributed by atoms with E-state index in [2.05, 4.69) is 34.7 Å². The summed E-state index contributed by atoms with van der Waals surface area (Å²) in [4.78, 5) is 13.9. The number of aromatic nitrogens is 2. The Kier molecular flexibility index (Phi) is 1.72. The van der Waals surface area contributed by atoms with Gasteiger partial charge in [-0.3, -0.25) is 4.79 Å². The van der Waals surface area contributed by atoms with Gasteiger partial charge < -0.3 is 9.55 Å². The van der Waals surface area contributed by atoms with Gasteiger partial charge in [-0.2, -0.15) is 0 Å². The fraction of sp³-hybridized carbons (Fsp3) is 0.154. The van der Waals surface area contributed by atoms with Crippen molar-refractivity contribution in [1.82, 2.24) is 9.55 Å². The number of hydrogen-bond donors (Lipinski definition) is 1. The highest BCUT2D eigenvalue weighted by Crippen LogP contribution is 2.28. The van der Waals surface area contributed by atoms with E-state index in [-0.39, 0.29) is 0 Å². The molecule has 16 heavy (non-hydrogen) atoms. The fourth-order valence-electron chi connectivity index (χ4n) is 2.26. The number of H-pyrrole nitrogens is 1. The van der Waals surface area contributed by atoms with Crippen LogP contribution in [0.15, 0.2) is 24.3 Å². The molecule has 2 aromatic heterocycles. The number of hydrogen-bond acceptors (Lipinski definition) is 1. The molecule has 80 valence electrons. The first-order valence-corrected chi connectivity index (χ1v) is 5.23. The first kappa shape index (κ1) is 9.21. The van der Waals surface area contributed by atoms with Crippen molar-refractivity contribution in [2.75, 3.05) is 0 Å². The molecule has 0 unspecified atom stereocenters. The van der Waals surface area contributed by atoms with Gasteiger partial charge in [-0.1, -0.05) is 12.1 Å². The van der Waals surface area contributed by atoms with Crippen LogP contribution >= 0.6 is 0 Å². The molecule has 0 fully saturated rings. The quantitative estimate of drug-likeness (QED) is 0.619. The first-order valence-electron chi connectivity index (χ1n) is 5.23. The van der Waals surface area contributed by atoms with Gasteiger partial charge in [0.15, 0.2) is 6.29 Å². The minimum absolute atomic E-state index is 0.628. The molecular formula is C13H12N2O. The van der Waals surface area contributed by atoms with Gasteiger partial charge in [0.05, 0.1) is 11.2 Å². The van der Waals surface area contributed by atoms with E-state index in [1.165, 1.54) is 16.5 Å². The molecule has 3 aromatic rings. The van der Waals surface area contributed by atoms with Crippen LogP contribution in [0.3, 0.4) is 0 Å². The van der Waals surface area contributed by atoms with Crippen LogP contribution in [0.2, 0.25) is 0 Å². The lowest BCUT2D eigenvalue weighted by Crippen LogP contribution is -1.89. The van der Waals surface area contributed by atoms with Crippen LogP contribution in [-0.2, 0) is 7.05 Å². The van der Waals surface area contributed by atoms with Gasteiger partial charge in [-0.15, -0.1) is 0 Å². The summed E-state index contributed by atoms with van der Waals surface area (Å²) in [6.45, 7) is 2.08. The second kappa shape index (κ2) is 2.98. The van der Waals surface area contributed by atoms with Gasteiger partial charge in [0, 0.05) is 17.8 Å². The van der Waals surface area contributed by atoms with Crippen molar-refractivity contribution in [2.24, 2.45) is 7.05 Å². The van der Waals surface area contributed by atoms with Crippen LogP contribution in [-0.4, -0.2) is 15.8 Å². The van der Waals surface area contributed by atoms with Crippen LogP contribution in [0.1, 0.15) is 16.1 Å². The number of benzene rings is 1. The van der Waals surface area contributed by atoms with E-state index >= 15 is 0 Å². The summed E-state index contributed by atoms with van der Waals surface area (Å²) in [5, 5.41) is 2.30. The molecule has 0 aliphatic carbocycles. The zero-order valence-electron chi connectivity index (χ0n) is 9.24. The van der Waals surface area contributed by atoms with Gasteiger partial charge >= 0.3 is 0 Å². The Bertz CT molecular complexity index is 703. The van der Waals surface area contributed by atoms with Crippen molar-refractivity contribution >= 4 is 28.2 Å². The van der Waals surface area contributed by atoms with E-state index in [1.54, 1.807) is 0 Å². The maximum absolute atomic E-state index is 10.7. The predicted molar refractivity (Wildman–Crippen MR) is 64.9 cm³/mol. The van der Waals surface area contributed by atoms with Crippen molar-refractivity contribution in [1.29, 1.82) is 0 Å². The van der Waals surface area contributed by atoms with Gasteiger partial charge in [0.25, 0.3) is 0 Å². The van der Waals surface area contributed by atoms with E-state index in [1.807, 2.05) is 13.1 Å². The maximum Gasteiger partial charge on any atom is 0.166 e. The number of aromatic amines is 1. The molecule has 1 N–H and O–H groups in total. The van der Waals surface area contributed by atoms with Crippen LogP contribution in [0.4, 0.5) is 0 Å². The zero-order chi connectivity index (χ0) is 11.3. The summed E-state index contributed by atoms with van der Waals surface area (Å²) in [5.74, 6) is 0. The molecule has 0 spiro atoms. The number of rotatable bonds is 1. The molecular weight excluding hydrogens is 200 g/mol. The van der Waals surface area contributed by atoms with Gasteiger partial charge in [-0.25, -0.2) is 0 Å². The molecule has 0 saturated carbocycles. The zero-order valence-corrected chi connectivity index (χ0v) is 9.24. The van der Waals surface area contributed by atoms with Crippen LogP contribution in [0.5, 0.6) is 0 Å². The average Bonchev–Trinajstić information content (AvgIpc) is 2.80. The number of aryl methyl sites for hydroxylation is 2. The second-order valence-corrected chi connectivity index (χ2v) is 4.18. The number of carbonyl (C=O) groups is 1. The molecule has 3 rings (SSSR count). The Balaban J connectivity index is 2.52. The lowest BCUT2D eigenvalue weighted by Gasteiger charge is -1.98. The van der Waals surface area contributed by atoms with Gasteiger partial charge in [-0.05, 0) is 24.6 Å². The Morgan fingerprint density at radius 2 is 2.06 bits per heavy atom. The minimum atomic E-state index is 0.628. The highest BCUT2D eigenvalue weighted by molar-refractivity contribution is 6.08. The Hall–Kier alpha value is -2.03. The van der Waals surface area contributed by atoms with Crippen molar-refractivity contribution in [3.8, 4) is 0 Å². The molecule has 2 heterocycles. The van der Waals surface area contributed by atoms with Gasteiger partial charge in [0.1, 0.15) is 5.65 Å². The fourth-order valence-corrected chi connectivity index (χ4v) is 2.26. The third-order valence-electron chi connectivity index (χ3n) is 3.08. The van der Waals surface area contributed by atoms with Crippen molar-refractivity contribution in [3.63, 3.8) is 0 Å². The number of nitrogens with zero attached hydrogens (tertiary/aromatic N) is 1. The van der Waals surface area contributed by atoms with Crippen LogP contribution < -0.4 is 0 Å². The SMILES string of the molecule is Cc1ccc2c3cc(C=O)[nH]c3n(C)c2c1. The summed E-state index contributed by atoms with van der Waals surface area (Å²) in [6.07, 6.45) is 0.847. The van der Waals surface area contributed by atoms with Crippen molar-refractivity contribution in [3.05, 3.63) is 35.5 Å². The van der Waals surface area contributed by atoms with Gasteiger partial charge in [0.2, 0.25) is 0 Å². The normalized spacial score (nSPS) is 11.4. The summed E-state index contributed by atoms with van der Waals surface area (Å²) in [7, 11) is 2.01. The summed E-state index contributed by atoms with van der Waals surface area (Å²) < 4.78 is 2.09. The first-order chi connectivity index (χ1) is 7.70. The van der Waals surface area contributed by atoms with E-state index in [0.717, 1.165) is 17.3 Å². The van der Waals surface area contributed by atoms with E-state index < -0.39 is 0 Å². The Morgan fingerprint density at radius 3 is 2.81 bits per heavy atom. The molecule has 0 bridgehead atoms. The molecule has 0 aliphatic heterocycles. The van der Waals surface area contributed by atoms with E-state index in [4.69, 9.17) is 0 Å². The summed E-state index contributed by atoms with van der Waals surface area (Å²) >= 11 is 0. The number of carbonyl (C=O) groups excluding carboxylic acids is 1. The standard InChI is InChI=1S/C13H12N2O/c1-8-3-4-10-11-6-9(7-16)14-13(11)15(2)12(10)5-8/h3-7,14H,1-2H3. The lowest BCUT2D eigenvalue weighted by molar-refractivity contribution is 0.111. The predicted octanol–water partition coefficient (Wildman–Crippen LogP) is 2.78. The third-order valence-corrected chi connectivity index (χ3v) is 3.08. The number of fused-ring (bicyclic) bond motifs is 3. The number of aldehydes is 1. The molecule has 0 atom stereocenters. The average molecular weight is 212 g/mol. The molecule has 0 amide bonds. The lowest BCUT2D eigenvalue weighted by atomic mass is 10.1. The highest BCUT2D eigenvalue weighted by Gasteiger charge is 2.10. The smallest absolute Gasteiger partial charge is 0.166 e. The number of nitrogens with one attached hydrogen (secondary N) is 1. The summed E-state index contributed by atoms with van der Waals surface area (Å²) in [5.41, 5.74) is 4.07. The third kappa shape index (κ3) is 1.05. The molecule has 1 aromatic carbocycles. The Morgan fingerprint density at radius 1 is 1.25 bits per heavy atom. The maximum atomic E-state index is 10.7. The molecule has 0 saturated heterocycles. The largest absolute Gasteiger partial charge is 0.338 e. The molecule has 3 heteroatoms. The topological polar surface area (TPSA) is 37.8 Å². The summed E-state index contributed by atoms with van der Waals surface area (Å²) in [6, 6.07) is 8.26. The molecule has 0 radical (unpaired) electrons. The monoisotopic (exact) mass is 212 g/mol. The van der Waals surface area contributed by atoms with Crippen molar-refractivity contribution < 1.29 is 4.79 Å². The van der Waals surface area contributed by atoms with E-state index in [0.29, 0.717) is 5.69 Å².